The fraction of sp³-hybridized carbons (Fsp3) is 0.905. The second-order valence-corrected chi connectivity index (χ2v) is 16.2. The summed E-state index contributed by atoms with van der Waals surface area (Å²) in [7, 11) is -1.99. The van der Waals surface area contributed by atoms with Gasteiger partial charge in [-0.1, -0.05) is 83.1 Å². The van der Waals surface area contributed by atoms with Crippen LogP contribution in [0.15, 0.2) is 0 Å². The molecule has 0 radical (unpaired) electrons. The van der Waals surface area contributed by atoms with Gasteiger partial charge >= 0.3 is 0 Å². The van der Waals surface area contributed by atoms with E-state index in [4.69, 9.17) is 8.85 Å². The molecule has 0 rings (SSSR count). The van der Waals surface area contributed by atoms with E-state index in [1.165, 1.54) is 0 Å². The Morgan fingerprint density at radius 3 is 1.00 bits per heavy atom. The summed E-state index contributed by atoms with van der Waals surface area (Å²) < 4.78 is 11.4. The monoisotopic (exact) mass is 416 g/mol. The number of rotatable bonds is 6. The molecule has 0 amide bonds. The van der Waals surface area contributed by atoms with Gasteiger partial charge in [-0.05, 0) is 27.3 Å². The van der Waals surface area contributed by atoms with Gasteiger partial charge in [0, 0.05) is 0 Å². The van der Waals surface area contributed by atoms with E-state index in [0.717, 1.165) is 5.67 Å². The van der Waals surface area contributed by atoms with Gasteiger partial charge in [0.25, 0.3) is 11.9 Å². The Balaban J connectivity index is 4.63. The summed E-state index contributed by atoms with van der Waals surface area (Å²) in [6.07, 6.45) is 0. The predicted molar refractivity (Wildman–Crippen MR) is 119 cm³/mol. The van der Waals surface area contributed by atoms with Crippen LogP contribution in [0.2, 0.25) is 5.67 Å². The third-order valence-corrected chi connectivity index (χ3v) is 8.00. The van der Waals surface area contributed by atoms with Crippen molar-refractivity contribution in [1.82, 2.24) is 0 Å². The zero-order valence-electron chi connectivity index (χ0n) is 19.9. The van der Waals surface area contributed by atoms with E-state index >= 15 is 0 Å². The van der Waals surface area contributed by atoms with E-state index in [2.05, 4.69) is 83.1 Å². The van der Waals surface area contributed by atoms with E-state index < -0.39 is 19.5 Å². The van der Waals surface area contributed by atoms with Crippen LogP contribution in [0.25, 0.3) is 0 Å². The van der Waals surface area contributed by atoms with Gasteiger partial charge in [-0.2, -0.15) is 0 Å². The van der Waals surface area contributed by atoms with Gasteiger partial charge in [0.2, 0.25) is 19.5 Å². The second-order valence-electron chi connectivity index (χ2n) is 12.0. The van der Waals surface area contributed by atoms with Crippen molar-refractivity contribution in [1.29, 1.82) is 0 Å². The molecular formula is C21H44O4Si2. The molecule has 0 saturated heterocycles. The van der Waals surface area contributed by atoms with Crippen LogP contribution in [0.1, 0.15) is 83.1 Å². The molecule has 0 heterocycles. The first-order chi connectivity index (χ1) is 11.8. The molecule has 0 fully saturated rings. The van der Waals surface area contributed by atoms with Crippen molar-refractivity contribution in [2.24, 2.45) is 33.5 Å². The summed E-state index contributed by atoms with van der Waals surface area (Å²) in [4.78, 5) is 25.2. The molecule has 0 aliphatic rings. The fourth-order valence-corrected chi connectivity index (χ4v) is 6.95. The molecular weight excluding hydrogens is 372 g/mol. The number of hydrogen-bond donors (Lipinski definition) is 0. The van der Waals surface area contributed by atoms with Crippen LogP contribution in [0.5, 0.6) is 0 Å². The molecule has 0 aromatic heterocycles. The maximum Gasteiger partial charge on any atom is 0.296 e. The molecule has 4 nitrogen and oxygen atoms in total. The van der Waals surface area contributed by atoms with Gasteiger partial charge in [0.05, 0.1) is 11.8 Å². The highest BCUT2D eigenvalue weighted by atomic mass is 28.3. The van der Waals surface area contributed by atoms with Crippen LogP contribution >= 0.6 is 0 Å². The molecule has 0 saturated carbocycles. The van der Waals surface area contributed by atoms with E-state index in [1.807, 2.05) is 0 Å². The Morgan fingerprint density at radius 1 is 0.593 bits per heavy atom. The Hall–Kier alpha value is -0.626. The minimum atomic E-state index is -0.996. The Bertz CT molecular complexity index is 428. The molecule has 0 N–H and O–H groups in total. The maximum atomic E-state index is 12.6. The minimum absolute atomic E-state index is 0.0933. The van der Waals surface area contributed by atoms with Crippen LogP contribution in [0, 0.1) is 33.5 Å². The smallest absolute Gasteiger partial charge is 0.296 e. The van der Waals surface area contributed by atoms with Crippen LogP contribution < -0.4 is 0 Å². The lowest BCUT2D eigenvalue weighted by molar-refractivity contribution is -0.148. The first kappa shape index (κ1) is 26.4. The van der Waals surface area contributed by atoms with Gasteiger partial charge in [-0.25, -0.2) is 0 Å². The zero-order valence-corrected chi connectivity index (χ0v) is 22.7. The highest BCUT2D eigenvalue weighted by molar-refractivity contribution is 6.50. The molecule has 0 spiro atoms. The van der Waals surface area contributed by atoms with Crippen molar-refractivity contribution < 1.29 is 18.4 Å². The van der Waals surface area contributed by atoms with Crippen LogP contribution in [-0.4, -0.2) is 31.5 Å². The molecule has 0 atom stereocenters. The largest absolute Gasteiger partial charge is 0.525 e. The van der Waals surface area contributed by atoms with Gasteiger partial charge in [-0.15, -0.1) is 0 Å². The van der Waals surface area contributed by atoms with E-state index in [0.29, 0.717) is 0 Å². The molecule has 0 aromatic rings. The average Bonchev–Trinajstić information content (AvgIpc) is 2.30. The summed E-state index contributed by atoms with van der Waals surface area (Å²) in [5, 5.41) is 0. The summed E-state index contributed by atoms with van der Waals surface area (Å²) in [6, 6.07) is 0. The van der Waals surface area contributed by atoms with Crippen molar-refractivity contribution in [2.75, 3.05) is 0 Å². The summed E-state index contributed by atoms with van der Waals surface area (Å²) in [5.41, 5.74) is 0.237. The van der Waals surface area contributed by atoms with Gasteiger partial charge in [0.15, 0.2) is 0 Å². The zero-order chi connectivity index (χ0) is 21.8. The lowest BCUT2D eigenvalue weighted by Crippen LogP contribution is -2.41. The highest BCUT2D eigenvalue weighted by Gasteiger charge is 2.42. The molecule has 27 heavy (non-hydrogen) atoms. The normalized spacial score (nSPS) is 14.7. The van der Waals surface area contributed by atoms with Gasteiger partial charge < -0.3 is 8.85 Å². The maximum absolute atomic E-state index is 12.6. The molecule has 0 unspecified atom stereocenters. The van der Waals surface area contributed by atoms with Crippen LogP contribution in [-0.2, 0) is 18.4 Å². The Morgan fingerprint density at radius 2 is 0.815 bits per heavy atom. The molecule has 0 aromatic carbocycles. The third-order valence-electron chi connectivity index (χ3n) is 4.71. The average molecular weight is 417 g/mol. The van der Waals surface area contributed by atoms with Crippen LogP contribution in [0.4, 0.5) is 0 Å². The molecule has 0 aliphatic carbocycles. The standard InChI is InChI=1S/C21H44O4Si2/c1-18(2,3)14(19(4,5)6)16(22)24-26-13-27-25-17(23)15(20(7,8)9)21(10,11)12/h14-15H,13,26-27H2,1-12H3. The van der Waals surface area contributed by atoms with Crippen molar-refractivity contribution in [2.45, 2.75) is 88.8 Å². The first-order valence-electron chi connectivity index (χ1n) is 10.1. The predicted octanol–water partition coefficient (Wildman–Crippen LogP) is 4.03. The summed E-state index contributed by atoms with van der Waals surface area (Å²) >= 11 is 0. The lowest BCUT2D eigenvalue weighted by atomic mass is 9.67. The highest BCUT2D eigenvalue weighted by Crippen LogP contribution is 2.41. The van der Waals surface area contributed by atoms with Crippen molar-refractivity contribution in [3.8, 4) is 0 Å². The first-order valence-corrected chi connectivity index (χ1v) is 13.3. The summed E-state index contributed by atoms with van der Waals surface area (Å²) in [6.45, 7) is 25.0. The third kappa shape index (κ3) is 8.94. The molecule has 0 bridgehead atoms. The number of hydrogen-bond acceptors (Lipinski definition) is 4. The van der Waals surface area contributed by atoms with Crippen molar-refractivity contribution in [3.05, 3.63) is 0 Å². The van der Waals surface area contributed by atoms with E-state index in [-0.39, 0.29) is 45.4 Å². The Kier molecular flexibility index (Phi) is 9.03. The SMILES string of the molecule is CC(C)(C)C(C(=O)O[SiH2]C[SiH2]OC(=O)C(C(C)(C)C)C(C)(C)C)C(C)(C)C. The van der Waals surface area contributed by atoms with Gasteiger partial charge in [-0.3, -0.25) is 9.59 Å². The minimum Gasteiger partial charge on any atom is -0.525 e. The number of carbonyl (C=O) groups is 2. The lowest BCUT2D eigenvalue weighted by Gasteiger charge is -2.39. The van der Waals surface area contributed by atoms with Crippen molar-refractivity contribution in [3.63, 3.8) is 0 Å². The molecule has 0 aliphatic heterocycles. The van der Waals surface area contributed by atoms with Crippen molar-refractivity contribution >= 4 is 31.5 Å². The second kappa shape index (κ2) is 9.25. The van der Waals surface area contributed by atoms with Crippen LogP contribution in [0.3, 0.4) is 0 Å². The van der Waals surface area contributed by atoms with E-state index in [9.17, 15) is 9.59 Å². The molecule has 160 valence electrons. The number of carbonyl (C=O) groups excluding carboxylic acids is 2. The fourth-order valence-electron chi connectivity index (χ4n) is 4.58. The summed E-state index contributed by atoms with van der Waals surface area (Å²) in [5.74, 6) is -0.478. The topological polar surface area (TPSA) is 52.6 Å². The quantitative estimate of drug-likeness (QED) is 0.484. The Labute approximate surface area is 172 Å². The van der Waals surface area contributed by atoms with Gasteiger partial charge in [0.1, 0.15) is 0 Å². The molecule has 6 heteroatoms. The van der Waals surface area contributed by atoms with E-state index in [1.54, 1.807) is 0 Å².